The summed E-state index contributed by atoms with van der Waals surface area (Å²) in [4.78, 5) is 21.9. The van der Waals surface area contributed by atoms with Crippen molar-refractivity contribution in [1.82, 2.24) is 5.32 Å². The van der Waals surface area contributed by atoms with Crippen LogP contribution in [0.5, 0.6) is 0 Å². The van der Waals surface area contributed by atoms with Gasteiger partial charge in [0.05, 0.1) is 0 Å². The Bertz CT molecular complexity index is 408. The van der Waals surface area contributed by atoms with Gasteiger partial charge in [-0.1, -0.05) is 6.07 Å². The van der Waals surface area contributed by atoms with Crippen molar-refractivity contribution in [3.8, 4) is 0 Å². The fraction of sp³-hybridized carbons (Fsp3) is 0.200. The number of anilines is 1. The lowest BCUT2D eigenvalue weighted by Gasteiger charge is -2.06. The molecule has 0 aliphatic rings. The molecule has 2 N–H and O–H groups in total. The highest BCUT2D eigenvalue weighted by Crippen LogP contribution is 2.11. The van der Waals surface area contributed by atoms with Gasteiger partial charge in [-0.2, -0.15) is 8.78 Å². The number of carbonyl (C=O) groups is 2. The van der Waals surface area contributed by atoms with Crippen molar-refractivity contribution in [2.45, 2.75) is 6.43 Å². The molecule has 2 amide bonds. The Morgan fingerprint density at radius 1 is 1.31 bits per heavy atom. The first-order valence-corrected chi connectivity index (χ1v) is 4.45. The number of alkyl halides is 2. The van der Waals surface area contributed by atoms with Crippen LogP contribution in [0.4, 0.5) is 14.5 Å². The zero-order valence-corrected chi connectivity index (χ0v) is 8.46. The molecule has 0 aromatic heterocycles. The molecule has 0 radical (unpaired) electrons. The van der Waals surface area contributed by atoms with Crippen molar-refractivity contribution < 1.29 is 18.4 Å². The lowest BCUT2D eigenvalue weighted by Crippen LogP contribution is -2.21. The Balaban J connectivity index is 2.83. The second-order valence-corrected chi connectivity index (χ2v) is 2.95. The molecule has 1 rings (SSSR count). The van der Waals surface area contributed by atoms with Crippen LogP contribution in [0.2, 0.25) is 0 Å². The SMILES string of the molecule is CNC(=O)c1cccc(NC(=O)C(F)F)c1. The van der Waals surface area contributed by atoms with Gasteiger partial charge in [-0.05, 0) is 18.2 Å². The maximum absolute atomic E-state index is 11.9. The summed E-state index contributed by atoms with van der Waals surface area (Å²) in [6.07, 6.45) is -3.08. The zero-order chi connectivity index (χ0) is 12.1. The molecular weight excluding hydrogens is 218 g/mol. The monoisotopic (exact) mass is 228 g/mol. The normalized spacial score (nSPS) is 10.0. The molecule has 4 nitrogen and oxygen atoms in total. The third kappa shape index (κ3) is 3.01. The summed E-state index contributed by atoms with van der Waals surface area (Å²) in [7, 11) is 1.45. The number of carbonyl (C=O) groups excluding carboxylic acids is 2. The van der Waals surface area contributed by atoms with Crippen LogP contribution in [0.3, 0.4) is 0 Å². The van der Waals surface area contributed by atoms with Crippen LogP contribution in [0, 0.1) is 0 Å². The lowest BCUT2D eigenvalue weighted by molar-refractivity contribution is -0.126. The van der Waals surface area contributed by atoms with Crippen molar-refractivity contribution in [3.05, 3.63) is 29.8 Å². The number of hydrogen-bond acceptors (Lipinski definition) is 2. The van der Waals surface area contributed by atoms with Crippen molar-refractivity contribution in [1.29, 1.82) is 0 Å². The van der Waals surface area contributed by atoms with Crippen molar-refractivity contribution in [2.75, 3.05) is 12.4 Å². The Morgan fingerprint density at radius 2 is 2.00 bits per heavy atom. The average molecular weight is 228 g/mol. The Hall–Kier alpha value is -1.98. The van der Waals surface area contributed by atoms with Crippen LogP contribution in [0.15, 0.2) is 24.3 Å². The Kier molecular flexibility index (Phi) is 3.93. The number of amides is 2. The number of nitrogens with one attached hydrogen (secondary N) is 2. The van der Waals surface area contributed by atoms with E-state index < -0.39 is 12.3 Å². The van der Waals surface area contributed by atoms with Gasteiger partial charge in [0.15, 0.2) is 0 Å². The zero-order valence-electron chi connectivity index (χ0n) is 8.46. The van der Waals surface area contributed by atoms with E-state index in [1.54, 1.807) is 0 Å². The molecule has 1 aromatic rings. The van der Waals surface area contributed by atoms with Gasteiger partial charge < -0.3 is 10.6 Å². The molecule has 0 bridgehead atoms. The predicted octanol–water partition coefficient (Wildman–Crippen LogP) is 1.25. The summed E-state index contributed by atoms with van der Waals surface area (Å²) in [5, 5.41) is 4.38. The molecule has 0 aliphatic heterocycles. The van der Waals surface area contributed by atoms with Crippen molar-refractivity contribution in [2.24, 2.45) is 0 Å². The second kappa shape index (κ2) is 5.20. The molecule has 0 heterocycles. The van der Waals surface area contributed by atoms with Gasteiger partial charge >= 0.3 is 6.43 Å². The van der Waals surface area contributed by atoms with Gasteiger partial charge in [-0.15, -0.1) is 0 Å². The van der Waals surface area contributed by atoms with E-state index in [2.05, 4.69) is 5.32 Å². The van der Waals surface area contributed by atoms with Gasteiger partial charge in [0.25, 0.3) is 11.8 Å². The van der Waals surface area contributed by atoms with E-state index in [0.717, 1.165) is 0 Å². The third-order valence-electron chi connectivity index (χ3n) is 1.82. The first-order chi connectivity index (χ1) is 7.54. The van der Waals surface area contributed by atoms with E-state index in [9.17, 15) is 18.4 Å². The predicted molar refractivity (Wildman–Crippen MR) is 54.5 cm³/mol. The first-order valence-electron chi connectivity index (χ1n) is 4.45. The summed E-state index contributed by atoms with van der Waals surface area (Å²) in [5.41, 5.74) is 0.445. The second-order valence-electron chi connectivity index (χ2n) is 2.95. The third-order valence-corrected chi connectivity index (χ3v) is 1.82. The molecule has 1 aromatic carbocycles. The molecule has 0 spiro atoms. The molecule has 0 atom stereocenters. The van der Waals surface area contributed by atoms with E-state index in [4.69, 9.17) is 0 Å². The van der Waals surface area contributed by atoms with Gasteiger partial charge in [0.1, 0.15) is 0 Å². The molecule has 0 saturated heterocycles. The molecule has 0 unspecified atom stereocenters. The molecule has 16 heavy (non-hydrogen) atoms. The van der Waals surface area contributed by atoms with Crippen LogP contribution in [-0.4, -0.2) is 25.3 Å². The summed E-state index contributed by atoms with van der Waals surface area (Å²) < 4.78 is 23.9. The highest BCUT2D eigenvalue weighted by Gasteiger charge is 2.15. The number of benzene rings is 1. The minimum atomic E-state index is -3.08. The molecule has 6 heteroatoms. The highest BCUT2D eigenvalue weighted by molar-refractivity contribution is 5.97. The molecule has 0 fully saturated rings. The molecule has 0 aliphatic carbocycles. The fourth-order valence-corrected chi connectivity index (χ4v) is 1.08. The maximum atomic E-state index is 11.9. The minimum absolute atomic E-state index is 0.159. The summed E-state index contributed by atoms with van der Waals surface area (Å²) >= 11 is 0. The standard InChI is InChI=1S/C10H10F2N2O2/c1-13-9(15)6-3-2-4-7(5-6)14-10(16)8(11)12/h2-5,8H,1H3,(H,13,15)(H,14,16). The summed E-state index contributed by atoms with van der Waals surface area (Å²) in [6, 6.07) is 5.74. The first kappa shape index (κ1) is 12.1. The Labute approximate surface area is 90.6 Å². The number of hydrogen-bond donors (Lipinski definition) is 2. The largest absolute Gasteiger partial charge is 0.355 e. The Morgan fingerprint density at radius 3 is 2.56 bits per heavy atom. The average Bonchev–Trinajstić information content (AvgIpc) is 2.28. The van der Waals surface area contributed by atoms with Crippen molar-refractivity contribution in [3.63, 3.8) is 0 Å². The van der Waals surface area contributed by atoms with Gasteiger partial charge in [-0.25, -0.2) is 0 Å². The molecular formula is C10H10F2N2O2. The number of halogens is 2. The van der Waals surface area contributed by atoms with Crippen LogP contribution in [0.25, 0.3) is 0 Å². The van der Waals surface area contributed by atoms with Gasteiger partial charge in [-0.3, -0.25) is 9.59 Å². The van der Waals surface area contributed by atoms with Crippen LogP contribution >= 0.6 is 0 Å². The molecule has 0 saturated carbocycles. The van der Waals surface area contributed by atoms with E-state index in [1.807, 2.05) is 5.32 Å². The van der Waals surface area contributed by atoms with E-state index in [-0.39, 0.29) is 17.2 Å². The summed E-state index contributed by atoms with van der Waals surface area (Å²) in [5.74, 6) is -1.75. The maximum Gasteiger partial charge on any atom is 0.315 e. The summed E-state index contributed by atoms with van der Waals surface area (Å²) in [6.45, 7) is 0. The lowest BCUT2D eigenvalue weighted by atomic mass is 10.2. The van der Waals surface area contributed by atoms with E-state index in [0.29, 0.717) is 0 Å². The molecule has 86 valence electrons. The van der Waals surface area contributed by atoms with Crippen LogP contribution < -0.4 is 10.6 Å². The smallest absolute Gasteiger partial charge is 0.315 e. The van der Waals surface area contributed by atoms with Gasteiger partial charge in [0.2, 0.25) is 0 Å². The topological polar surface area (TPSA) is 58.2 Å². The van der Waals surface area contributed by atoms with Crippen LogP contribution in [-0.2, 0) is 4.79 Å². The highest BCUT2D eigenvalue weighted by atomic mass is 19.3. The van der Waals surface area contributed by atoms with E-state index in [1.165, 1.54) is 31.3 Å². The van der Waals surface area contributed by atoms with E-state index >= 15 is 0 Å². The fourth-order valence-electron chi connectivity index (χ4n) is 1.08. The number of rotatable bonds is 3. The van der Waals surface area contributed by atoms with Crippen LogP contribution in [0.1, 0.15) is 10.4 Å². The quantitative estimate of drug-likeness (QED) is 0.818. The van der Waals surface area contributed by atoms with Gasteiger partial charge in [0, 0.05) is 18.3 Å². The van der Waals surface area contributed by atoms with Crippen molar-refractivity contribution >= 4 is 17.5 Å². The minimum Gasteiger partial charge on any atom is -0.355 e.